The number of quaternary nitrogens is 1. The normalized spacial score (nSPS) is 13.7. The minimum atomic E-state index is -3.75. The molecule has 9 heteroatoms. The second kappa shape index (κ2) is 5.77. The average molecular weight is 253 g/mol. The molecule has 0 aliphatic heterocycles. The second-order valence-electron chi connectivity index (χ2n) is 3.39. The third-order valence-corrected chi connectivity index (χ3v) is 3.54. The Kier molecular flexibility index (Phi) is 5.35. The number of primary amides is 1. The number of amides is 1. The van der Waals surface area contributed by atoms with Crippen molar-refractivity contribution in [2.75, 3.05) is 14.1 Å². The highest BCUT2D eigenvalue weighted by Crippen LogP contribution is 1.92. The third kappa shape index (κ3) is 5.05. The maximum atomic E-state index is 11.4. The van der Waals surface area contributed by atoms with Gasteiger partial charge in [-0.25, -0.2) is 4.72 Å². The number of hydrogen-bond donors (Lipinski definition) is 2. The lowest BCUT2D eigenvalue weighted by molar-refractivity contribution is -0.544. The van der Waals surface area contributed by atoms with Crippen LogP contribution in [0.4, 0.5) is 0 Å². The van der Waals surface area contributed by atoms with E-state index in [0.717, 1.165) is 4.31 Å². The van der Waals surface area contributed by atoms with Crippen LogP contribution in [-0.2, 0) is 19.8 Å². The number of carboxylic acids is 1. The SMILES string of the molecule is CN(C)S(=O)(=O)[NH2+][C@@H](CCC(N)=O)C(=O)[O-]. The van der Waals surface area contributed by atoms with Gasteiger partial charge in [0.25, 0.3) is 0 Å². The predicted octanol–water partition coefficient (Wildman–Crippen LogP) is -4.26. The van der Waals surface area contributed by atoms with E-state index in [1.807, 2.05) is 0 Å². The first-order valence-electron chi connectivity index (χ1n) is 4.43. The van der Waals surface area contributed by atoms with Crippen molar-refractivity contribution in [1.82, 2.24) is 4.31 Å². The van der Waals surface area contributed by atoms with Crippen LogP contribution in [-0.4, -0.2) is 44.7 Å². The molecule has 0 radical (unpaired) electrons. The van der Waals surface area contributed by atoms with Crippen LogP contribution < -0.4 is 15.6 Å². The smallest absolute Gasteiger partial charge is 0.369 e. The van der Waals surface area contributed by atoms with Gasteiger partial charge in [-0.2, -0.15) is 12.7 Å². The highest BCUT2D eigenvalue weighted by Gasteiger charge is 2.25. The van der Waals surface area contributed by atoms with Crippen LogP contribution in [0.3, 0.4) is 0 Å². The summed E-state index contributed by atoms with van der Waals surface area (Å²) in [5, 5.41) is 10.6. The van der Waals surface area contributed by atoms with Gasteiger partial charge in [0.15, 0.2) is 0 Å². The summed E-state index contributed by atoms with van der Waals surface area (Å²) in [6.07, 6.45) is -0.400. The van der Waals surface area contributed by atoms with Crippen LogP contribution in [0.1, 0.15) is 12.8 Å². The van der Waals surface area contributed by atoms with Crippen molar-refractivity contribution < 1.29 is 27.8 Å². The molecule has 16 heavy (non-hydrogen) atoms. The molecule has 0 saturated heterocycles. The van der Waals surface area contributed by atoms with Crippen LogP contribution in [0, 0.1) is 0 Å². The molecule has 0 fully saturated rings. The van der Waals surface area contributed by atoms with E-state index < -0.39 is 28.1 Å². The Morgan fingerprint density at radius 1 is 1.44 bits per heavy atom. The lowest BCUT2D eigenvalue weighted by Gasteiger charge is -2.17. The van der Waals surface area contributed by atoms with Gasteiger partial charge in [0.05, 0.1) is 0 Å². The molecule has 0 aromatic carbocycles. The standard InChI is InChI=1S/C7H15N3O5S/c1-10(2)16(14,15)9-5(7(12)13)3-4-6(8)11/h5,9H,3-4H2,1-2H3,(H2,8,11)(H,12,13)/t5-/m0/s1. The zero-order valence-corrected chi connectivity index (χ0v) is 9.86. The highest BCUT2D eigenvalue weighted by molar-refractivity contribution is 7.82. The Labute approximate surface area is 93.6 Å². The van der Waals surface area contributed by atoms with Crippen molar-refractivity contribution in [3.8, 4) is 0 Å². The second-order valence-corrected chi connectivity index (χ2v) is 5.43. The van der Waals surface area contributed by atoms with Gasteiger partial charge < -0.3 is 15.6 Å². The molecule has 4 N–H and O–H groups in total. The first-order valence-corrected chi connectivity index (χ1v) is 5.93. The molecule has 0 aromatic heterocycles. The topological polar surface area (TPSA) is 137 Å². The highest BCUT2D eigenvalue weighted by atomic mass is 32.2. The monoisotopic (exact) mass is 253 g/mol. The molecule has 0 aliphatic rings. The van der Waals surface area contributed by atoms with Crippen LogP contribution in [0.5, 0.6) is 0 Å². The predicted molar refractivity (Wildman–Crippen MR) is 51.8 cm³/mol. The Hall–Kier alpha value is -1.19. The lowest BCUT2D eigenvalue weighted by Crippen LogP contribution is -2.97. The Bertz CT molecular complexity index is 364. The zero-order chi connectivity index (χ0) is 12.9. The summed E-state index contributed by atoms with van der Waals surface area (Å²) in [6.45, 7) is 0. The minimum Gasteiger partial charge on any atom is -0.544 e. The fourth-order valence-electron chi connectivity index (χ4n) is 0.869. The fourth-order valence-corrected chi connectivity index (χ4v) is 1.77. The van der Waals surface area contributed by atoms with Crippen molar-refractivity contribution >= 4 is 22.1 Å². The van der Waals surface area contributed by atoms with Crippen molar-refractivity contribution in [3.63, 3.8) is 0 Å². The molecule has 1 atom stereocenters. The first kappa shape index (κ1) is 14.8. The van der Waals surface area contributed by atoms with Gasteiger partial charge in [-0.15, -0.1) is 0 Å². The summed E-state index contributed by atoms with van der Waals surface area (Å²) < 4.78 is 24.2. The van der Waals surface area contributed by atoms with Gasteiger partial charge >= 0.3 is 10.2 Å². The number of rotatable bonds is 7. The van der Waals surface area contributed by atoms with Crippen LogP contribution in [0.2, 0.25) is 0 Å². The Morgan fingerprint density at radius 2 is 1.94 bits per heavy atom. The fraction of sp³-hybridized carbons (Fsp3) is 0.714. The largest absolute Gasteiger partial charge is 0.544 e. The molecule has 0 unspecified atom stereocenters. The van der Waals surface area contributed by atoms with E-state index in [-0.39, 0.29) is 12.8 Å². The quantitative estimate of drug-likeness (QED) is 0.473. The van der Waals surface area contributed by atoms with Crippen LogP contribution in [0.15, 0.2) is 0 Å². The number of carbonyl (C=O) groups excluding carboxylic acids is 2. The van der Waals surface area contributed by atoms with Gasteiger partial charge in [-0.05, 0) is 0 Å². The van der Waals surface area contributed by atoms with E-state index in [1.165, 1.54) is 14.1 Å². The number of nitrogens with zero attached hydrogens (tertiary/aromatic N) is 1. The summed E-state index contributed by atoms with van der Waals surface area (Å²) >= 11 is 0. The summed E-state index contributed by atoms with van der Waals surface area (Å²) in [6, 6.07) is -1.35. The van der Waals surface area contributed by atoms with Crippen LogP contribution in [0.25, 0.3) is 0 Å². The van der Waals surface area contributed by atoms with Gasteiger partial charge in [-0.3, -0.25) is 4.79 Å². The van der Waals surface area contributed by atoms with E-state index in [9.17, 15) is 23.1 Å². The Balaban J connectivity index is 4.58. The zero-order valence-electron chi connectivity index (χ0n) is 9.04. The van der Waals surface area contributed by atoms with Gasteiger partial charge in [0.1, 0.15) is 12.0 Å². The Morgan fingerprint density at radius 3 is 2.25 bits per heavy atom. The van der Waals surface area contributed by atoms with Gasteiger partial charge in [0.2, 0.25) is 5.91 Å². The molecule has 0 saturated carbocycles. The molecule has 0 heterocycles. The lowest BCUT2D eigenvalue weighted by atomic mass is 10.2. The third-order valence-electron chi connectivity index (χ3n) is 1.85. The van der Waals surface area contributed by atoms with Crippen molar-refractivity contribution in [2.45, 2.75) is 18.9 Å². The summed E-state index contributed by atoms with van der Waals surface area (Å²) in [4.78, 5) is 21.1. The number of nitrogens with two attached hydrogens (primary N) is 2. The van der Waals surface area contributed by atoms with Crippen molar-refractivity contribution in [1.29, 1.82) is 0 Å². The van der Waals surface area contributed by atoms with Crippen molar-refractivity contribution in [2.24, 2.45) is 5.73 Å². The van der Waals surface area contributed by atoms with Crippen molar-refractivity contribution in [3.05, 3.63) is 0 Å². The van der Waals surface area contributed by atoms with Crippen LogP contribution >= 0.6 is 0 Å². The summed E-state index contributed by atoms with van der Waals surface area (Å²) in [5.74, 6) is -2.24. The molecule has 8 nitrogen and oxygen atoms in total. The molecule has 1 amide bonds. The summed E-state index contributed by atoms with van der Waals surface area (Å²) in [5.41, 5.74) is 4.84. The average Bonchev–Trinajstić information content (AvgIpc) is 2.11. The van der Waals surface area contributed by atoms with E-state index in [4.69, 9.17) is 5.73 Å². The maximum absolute atomic E-state index is 11.4. The maximum Gasteiger partial charge on any atom is 0.369 e. The van der Waals surface area contributed by atoms with Gasteiger partial charge in [-0.1, -0.05) is 0 Å². The molecule has 0 spiro atoms. The minimum absolute atomic E-state index is 0.190. The molecule has 0 aliphatic carbocycles. The number of carbonyl (C=O) groups is 2. The number of carboxylic acid groups (broad SMARTS) is 1. The van der Waals surface area contributed by atoms with Gasteiger partial charge in [0, 0.05) is 26.9 Å². The molecule has 0 aromatic rings. The molecule has 0 bridgehead atoms. The summed E-state index contributed by atoms with van der Waals surface area (Å²) in [7, 11) is -1.21. The number of aliphatic carboxylic acids is 1. The molecular formula is C7H15N3O5S. The molecule has 94 valence electrons. The first-order chi connectivity index (χ1) is 7.16. The van der Waals surface area contributed by atoms with E-state index >= 15 is 0 Å². The number of hydrogen-bond acceptors (Lipinski definition) is 5. The molecule has 0 rings (SSSR count). The molecular weight excluding hydrogens is 238 g/mol. The van der Waals surface area contributed by atoms with E-state index in [1.54, 1.807) is 0 Å². The van der Waals surface area contributed by atoms with E-state index in [2.05, 4.69) is 0 Å². The van der Waals surface area contributed by atoms with E-state index in [0.29, 0.717) is 4.72 Å².